The zero-order valence-electron chi connectivity index (χ0n) is 13.9. The number of fused-ring (bicyclic) bond motifs is 1. The maximum absolute atomic E-state index is 14.4. The highest BCUT2D eigenvalue weighted by Crippen LogP contribution is 2.34. The van der Waals surface area contributed by atoms with E-state index < -0.39 is 0 Å². The first-order valence-electron chi connectivity index (χ1n) is 8.34. The number of ether oxygens (including phenoxy) is 1. The molecule has 1 saturated heterocycles. The average molecular weight is 418 g/mol. The fraction of sp³-hybridized carbons (Fsp3) is 0.278. The fourth-order valence-electron chi connectivity index (χ4n) is 2.92. The quantitative estimate of drug-likeness (QED) is 0.663. The number of halogens is 2. The molecule has 3 heterocycles. The number of benzene rings is 1. The molecule has 3 aromatic rings. The molecule has 0 aliphatic carbocycles. The van der Waals surface area contributed by atoms with E-state index in [9.17, 15) is 4.39 Å². The molecule has 26 heavy (non-hydrogen) atoms. The highest BCUT2D eigenvalue weighted by atomic mass is 79.9. The fourth-order valence-corrected chi connectivity index (χ4v) is 3.34. The van der Waals surface area contributed by atoms with Gasteiger partial charge >= 0.3 is 0 Å². The molecule has 2 N–H and O–H groups in total. The van der Waals surface area contributed by atoms with Crippen molar-refractivity contribution in [3.05, 3.63) is 52.8 Å². The molecule has 1 unspecified atom stereocenters. The Morgan fingerprint density at radius 3 is 2.81 bits per heavy atom. The maximum Gasteiger partial charge on any atom is 0.160 e. The van der Waals surface area contributed by atoms with Crippen LogP contribution in [0.3, 0.4) is 0 Å². The van der Waals surface area contributed by atoms with Gasteiger partial charge in [0.25, 0.3) is 0 Å². The van der Waals surface area contributed by atoms with Gasteiger partial charge in [-0.2, -0.15) is 0 Å². The molecule has 2 aromatic heterocycles. The monoisotopic (exact) mass is 417 g/mol. The third-order valence-electron chi connectivity index (χ3n) is 4.26. The van der Waals surface area contributed by atoms with Crippen LogP contribution in [0.2, 0.25) is 0 Å². The Labute approximate surface area is 158 Å². The van der Waals surface area contributed by atoms with Crippen LogP contribution in [0.25, 0.3) is 11.0 Å². The standard InChI is InChI=1S/C18H17BrFN5O/c19-13-9-22-10-17(18(13)26-12-1-2-21-8-12)25-7-11-5-15-16(6-14(11)20)24-4-3-23-15/h3-6,9-10,12,21,25H,1-2,7-8H2. The normalized spacial score (nSPS) is 16.8. The second-order valence-electron chi connectivity index (χ2n) is 6.07. The van der Waals surface area contributed by atoms with Crippen LogP contribution in [0.15, 0.2) is 41.4 Å². The lowest BCUT2D eigenvalue weighted by Gasteiger charge is -2.18. The minimum Gasteiger partial charge on any atom is -0.486 e. The molecule has 0 spiro atoms. The van der Waals surface area contributed by atoms with Crippen LogP contribution in [-0.4, -0.2) is 34.1 Å². The Morgan fingerprint density at radius 2 is 2.04 bits per heavy atom. The molecular weight excluding hydrogens is 401 g/mol. The van der Waals surface area contributed by atoms with Gasteiger partial charge in [0, 0.05) is 43.3 Å². The Kier molecular flexibility index (Phi) is 4.94. The summed E-state index contributed by atoms with van der Waals surface area (Å²) in [5.41, 5.74) is 2.42. The van der Waals surface area contributed by atoms with Crippen LogP contribution in [-0.2, 0) is 6.54 Å². The molecule has 0 saturated carbocycles. The van der Waals surface area contributed by atoms with Gasteiger partial charge in [0.1, 0.15) is 11.9 Å². The molecule has 0 radical (unpaired) electrons. The predicted molar refractivity (Wildman–Crippen MR) is 101 cm³/mol. The maximum atomic E-state index is 14.4. The van der Waals surface area contributed by atoms with E-state index in [2.05, 4.69) is 41.5 Å². The summed E-state index contributed by atoms with van der Waals surface area (Å²) in [4.78, 5) is 12.5. The highest BCUT2D eigenvalue weighted by molar-refractivity contribution is 9.10. The van der Waals surface area contributed by atoms with Crippen LogP contribution in [0.1, 0.15) is 12.0 Å². The lowest BCUT2D eigenvalue weighted by molar-refractivity contribution is 0.222. The molecule has 0 bridgehead atoms. The highest BCUT2D eigenvalue weighted by Gasteiger charge is 2.19. The van der Waals surface area contributed by atoms with Gasteiger partial charge in [-0.1, -0.05) is 0 Å². The third-order valence-corrected chi connectivity index (χ3v) is 4.82. The Balaban J connectivity index is 1.56. The van der Waals surface area contributed by atoms with Crippen molar-refractivity contribution >= 4 is 32.7 Å². The topological polar surface area (TPSA) is 72.0 Å². The molecule has 134 valence electrons. The molecule has 1 aliphatic heterocycles. The average Bonchev–Trinajstić information content (AvgIpc) is 3.15. The number of pyridine rings is 1. The zero-order chi connectivity index (χ0) is 17.9. The van der Waals surface area contributed by atoms with Crippen LogP contribution in [0, 0.1) is 5.82 Å². The third kappa shape index (κ3) is 3.61. The summed E-state index contributed by atoms with van der Waals surface area (Å²) in [6, 6.07) is 3.11. The molecule has 6 nitrogen and oxygen atoms in total. The van der Waals surface area contributed by atoms with Gasteiger partial charge in [-0.25, -0.2) is 4.39 Å². The van der Waals surface area contributed by atoms with Crippen LogP contribution < -0.4 is 15.4 Å². The van der Waals surface area contributed by atoms with E-state index in [1.807, 2.05) is 0 Å². The van der Waals surface area contributed by atoms with Gasteiger partial charge in [-0.3, -0.25) is 15.0 Å². The lowest BCUT2D eigenvalue weighted by Crippen LogP contribution is -2.20. The summed E-state index contributed by atoms with van der Waals surface area (Å²) < 4.78 is 21.2. The van der Waals surface area contributed by atoms with E-state index in [1.54, 1.807) is 30.9 Å². The van der Waals surface area contributed by atoms with Crippen LogP contribution in [0.5, 0.6) is 5.75 Å². The minimum atomic E-state index is -0.323. The number of hydrogen-bond donors (Lipinski definition) is 2. The van der Waals surface area contributed by atoms with Crippen molar-refractivity contribution in [3.8, 4) is 5.75 Å². The SMILES string of the molecule is Fc1cc2nccnc2cc1CNc1cncc(Br)c1OC1CCNC1. The van der Waals surface area contributed by atoms with E-state index in [0.29, 0.717) is 28.0 Å². The van der Waals surface area contributed by atoms with Crippen molar-refractivity contribution in [2.45, 2.75) is 19.1 Å². The Hall–Kier alpha value is -2.32. The molecule has 8 heteroatoms. The molecule has 4 rings (SSSR count). The molecule has 1 aromatic carbocycles. The molecular formula is C18H17BrFN5O. The summed E-state index contributed by atoms with van der Waals surface area (Å²) >= 11 is 3.49. The summed E-state index contributed by atoms with van der Waals surface area (Å²) in [7, 11) is 0. The van der Waals surface area contributed by atoms with E-state index in [-0.39, 0.29) is 18.5 Å². The van der Waals surface area contributed by atoms with E-state index >= 15 is 0 Å². The van der Waals surface area contributed by atoms with Crippen LogP contribution >= 0.6 is 15.9 Å². The number of nitrogens with zero attached hydrogens (tertiary/aromatic N) is 3. The minimum absolute atomic E-state index is 0.113. The lowest BCUT2D eigenvalue weighted by atomic mass is 10.1. The van der Waals surface area contributed by atoms with Crippen molar-refractivity contribution in [1.82, 2.24) is 20.3 Å². The van der Waals surface area contributed by atoms with Crippen molar-refractivity contribution in [3.63, 3.8) is 0 Å². The first-order valence-corrected chi connectivity index (χ1v) is 9.14. The number of hydrogen-bond acceptors (Lipinski definition) is 6. The zero-order valence-corrected chi connectivity index (χ0v) is 15.5. The summed E-state index contributed by atoms with van der Waals surface area (Å²) in [6.07, 6.45) is 7.58. The van der Waals surface area contributed by atoms with Crippen molar-refractivity contribution < 1.29 is 9.13 Å². The second-order valence-corrected chi connectivity index (χ2v) is 6.93. The van der Waals surface area contributed by atoms with Gasteiger partial charge in [0.2, 0.25) is 0 Å². The molecule has 0 amide bonds. The van der Waals surface area contributed by atoms with Gasteiger partial charge in [0.05, 0.1) is 27.4 Å². The Morgan fingerprint density at radius 1 is 1.23 bits per heavy atom. The summed E-state index contributed by atoms with van der Waals surface area (Å²) in [5.74, 6) is 0.366. The number of nitrogens with one attached hydrogen (secondary N) is 2. The smallest absolute Gasteiger partial charge is 0.160 e. The van der Waals surface area contributed by atoms with Crippen molar-refractivity contribution in [1.29, 1.82) is 0 Å². The molecule has 1 aliphatic rings. The van der Waals surface area contributed by atoms with Crippen molar-refractivity contribution in [2.24, 2.45) is 0 Å². The van der Waals surface area contributed by atoms with Gasteiger partial charge < -0.3 is 15.4 Å². The largest absolute Gasteiger partial charge is 0.486 e. The number of rotatable bonds is 5. The Bertz CT molecular complexity index is 933. The number of anilines is 1. The molecule has 1 atom stereocenters. The van der Waals surface area contributed by atoms with E-state index in [0.717, 1.165) is 24.0 Å². The van der Waals surface area contributed by atoms with E-state index in [4.69, 9.17) is 4.74 Å². The second kappa shape index (κ2) is 7.51. The first kappa shape index (κ1) is 17.1. The van der Waals surface area contributed by atoms with Crippen molar-refractivity contribution in [2.75, 3.05) is 18.4 Å². The van der Waals surface area contributed by atoms with Gasteiger partial charge in [-0.05, 0) is 35.0 Å². The van der Waals surface area contributed by atoms with E-state index in [1.165, 1.54) is 6.07 Å². The molecule has 1 fully saturated rings. The first-order chi connectivity index (χ1) is 12.7. The van der Waals surface area contributed by atoms with Gasteiger partial charge in [0.15, 0.2) is 5.75 Å². The van der Waals surface area contributed by atoms with Gasteiger partial charge in [-0.15, -0.1) is 0 Å². The summed E-state index contributed by atoms with van der Waals surface area (Å²) in [5, 5.41) is 6.50. The predicted octanol–water partition coefficient (Wildman–Crippen LogP) is 3.28. The number of aromatic nitrogens is 3. The summed E-state index contributed by atoms with van der Waals surface area (Å²) in [6.45, 7) is 2.04. The van der Waals surface area contributed by atoms with Crippen LogP contribution in [0.4, 0.5) is 10.1 Å².